The second-order valence-corrected chi connectivity index (χ2v) is 13.1. The second kappa shape index (κ2) is 12.4. The Balaban J connectivity index is 2.03. The number of nitrogens with one attached hydrogen (secondary N) is 1. The van der Waals surface area contributed by atoms with E-state index >= 15 is 0 Å². The summed E-state index contributed by atoms with van der Waals surface area (Å²) in [4.78, 5) is 28.4. The normalized spacial score (nSPS) is 12.5. The van der Waals surface area contributed by atoms with E-state index in [2.05, 4.69) is 5.32 Å². The minimum Gasteiger partial charge on any atom is -0.350 e. The predicted octanol–water partition coefficient (Wildman–Crippen LogP) is 5.83. The van der Waals surface area contributed by atoms with Gasteiger partial charge in [-0.25, -0.2) is 8.42 Å². The molecule has 0 aliphatic heterocycles. The molecule has 0 saturated carbocycles. The van der Waals surface area contributed by atoms with Crippen molar-refractivity contribution in [1.29, 1.82) is 0 Å². The Morgan fingerprint density at radius 2 is 1.54 bits per heavy atom. The minimum atomic E-state index is -4.15. The van der Waals surface area contributed by atoms with Crippen LogP contribution in [0.1, 0.15) is 38.8 Å². The molecule has 0 heterocycles. The van der Waals surface area contributed by atoms with E-state index in [1.54, 1.807) is 67.6 Å². The Morgan fingerprint density at radius 3 is 2.10 bits per heavy atom. The van der Waals surface area contributed by atoms with Crippen LogP contribution >= 0.6 is 23.2 Å². The second-order valence-electron chi connectivity index (χ2n) is 10.4. The molecule has 0 bridgehead atoms. The van der Waals surface area contributed by atoms with Gasteiger partial charge in [0, 0.05) is 22.1 Å². The van der Waals surface area contributed by atoms with Gasteiger partial charge in [-0.3, -0.25) is 13.9 Å². The average molecular weight is 591 g/mol. The van der Waals surface area contributed by atoms with E-state index in [-0.39, 0.29) is 23.0 Å². The third-order valence-electron chi connectivity index (χ3n) is 5.91. The van der Waals surface area contributed by atoms with Gasteiger partial charge in [0.25, 0.3) is 10.0 Å². The van der Waals surface area contributed by atoms with Crippen molar-refractivity contribution in [1.82, 2.24) is 10.2 Å². The number of nitrogens with zero attached hydrogens (tertiary/aromatic N) is 2. The number of sulfonamides is 1. The number of carbonyl (C=O) groups is 2. The van der Waals surface area contributed by atoms with Gasteiger partial charge in [-0.2, -0.15) is 0 Å². The topological polar surface area (TPSA) is 86.8 Å². The molecule has 1 unspecified atom stereocenters. The highest BCUT2D eigenvalue weighted by Gasteiger charge is 2.33. The lowest BCUT2D eigenvalue weighted by Gasteiger charge is -2.33. The Kier molecular flexibility index (Phi) is 9.69. The van der Waals surface area contributed by atoms with E-state index in [1.807, 2.05) is 27.7 Å². The largest absolute Gasteiger partial charge is 0.350 e. The van der Waals surface area contributed by atoms with Gasteiger partial charge in [0.15, 0.2) is 0 Å². The van der Waals surface area contributed by atoms with Crippen LogP contribution in [-0.2, 0) is 26.2 Å². The van der Waals surface area contributed by atoms with Gasteiger partial charge < -0.3 is 10.2 Å². The number of aryl methyl sites for hydroxylation is 1. The van der Waals surface area contributed by atoms with Crippen molar-refractivity contribution in [3.63, 3.8) is 0 Å². The van der Waals surface area contributed by atoms with Crippen molar-refractivity contribution in [2.45, 2.75) is 57.6 Å². The number of benzene rings is 3. The Bertz CT molecular complexity index is 1420. The van der Waals surface area contributed by atoms with Crippen LogP contribution in [0.15, 0.2) is 77.7 Å². The lowest BCUT2D eigenvalue weighted by molar-refractivity contribution is -0.140. The van der Waals surface area contributed by atoms with Crippen LogP contribution in [-0.4, -0.2) is 43.3 Å². The van der Waals surface area contributed by atoms with Crippen LogP contribution in [0.3, 0.4) is 0 Å². The predicted molar refractivity (Wildman–Crippen MR) is 157 cm³/mol. The number of hydrogen-bond acceptors (Lipinski definition) is 4. The van der Waals surface area contributed by atoms with Crippen molar-refractivity contribution < 1.29 is 18.0 Å². The van der Waals surface area contributed by atoms with Gasteiger partial charge in [-0.1, -0.05) is 53.0 Å². The molecule has 3 aromatic carbocycles. The highest BCUT2D eigenvalue weighted by Crippen LogP contribution is 2.26. The molecule has 2 amide bonds. The standard InChI is InChI=1S/C29H33Cl2N3O4S/c1-20-9-15-26(16-10-20)39(37,38)34(25-13-11-23(30)12-14-25)19-27(35)33(18-22-7-6-8-24(31)17-22)21(2)28(36)32-29(3,4)5/h6-17,21H,18-19H2,1-5H3,(H,32,36). The zero-order chi connectivity index (χ0) is 29.0. The number of rotatable bonds is 9. The van der Waals surface area contributed by atoms with Crippen LogP contribution in [0.25, 0.3) is 0 Å². The van der Waals surface area contributed by atoms with Gasteiger partial charge in [0.1, 0.15) is 12.6 Å². The van der Waals surface area contributed by atoms with Gasteiger partial charge in [-0.15, -0.1) is 0 Å². The summed E-state index contributed by atoms with van der Waals surface area (Å²) in [7, 11) is -4.15. The van der Waals surface area contributed by atoms with Gasteiger partial charge in [-0.05, 0) is 88.7 Å². The van der Waals surface area contributed by atoms with E-state index in [9.17, 15) is 18.0 Å². The summed E-state index contributed by atoms with van der Waals surface area (Å²) in [5.41, 5.74) is 1.34. The van der Waals surface area contributed by atoms with Crippen LogP contribution in [0, 0.1) is 6.92 Å². The summed E-state index contributed by atoms with van der Waals surface area (Å²) in [6.07, 6.45) is 0. The van der Waals surface area contributed by atoms with Crippen molar-refractivity contribution >= 4 is 50.7 Å². The molecule has 0 spiro atoms. The molecule has 1 N–H and O–H groups in total. The molecule has 0 radical (unpaired) electrons. The third-order valence-corrected chi connectivity index (χ3v) is 8.19. The van der Waals surface area contributed by atoms with Gasteiger partial charge in [0.05, 0.1) is 10.6 Å². The fourth-order valence-corrected chi connectivity index (χ4v) is 5.62. The molecule has 0 saturated heterocycles. The summed E-state index contributed by atoms with van der Waals surface area (Å²) in [5.74, 6) is -0.922. The van der Waals surface area contributed by atoms with Crippen LogP contribution in [0.4, 0.5) is 5.69 Å². The number of halogens is 2. The fraction of sp³-hybridized carbons (Fsp3) is 0.310. The first-order valence-corrected chi connectivity index (χ1v) is 14.6. The van der Waals surface area contributed by atoms with Crippen molar-refractivity contribution in [3.8, 4) is 0 Å². The molecule has 1 atom stereocenters. The molecule has 3 aromatic rings. The molecule has 10 heteroatoms. The highest BCUT2D eigenvalue weighted by molar-refractivity contribution is 7.92. The summed E-state index contributed by atoms with van der Waals surface area (Å²) >= 11 is 12.2. The maximum atomic E-state index is 13.9. The van der Waals surface area contributed by atoms with Crippen LogP contribution in [0.5, 0.6) is 0 Å². The molecule has 39 heavy (non-hydrogen) atoms. The zero-order valence-corrected chi connectivity index (χ0v) is 24.9. The lowest BCUT2D eigenvalue weighted by Crippen LogP contribution is -2.54. The fourth-order valence-electron chi connectivity index (χ4n) is 3.86. The van der Waals surface area contributed by atoms with E-state index in [0.29, 0.717) is 15.6 Å². The van der Waals surface area contributed by atoms with Crippen LogP contribution in [0.2, 0.25) is 10.0 Å². The van der Waals surface area contributed by atoms with Crippen molar-refractivity contribution in [2.75, 3.05) is 10.8 Å². The molecular formula is C29H33Cl2N3O4S. The van der Waals surface area contributed by atoms with Crippen molar-refractivity contribution in [3.05, 3.63) is 94.0 Å². The van der Waals surface area contributed by atoms with E-state index < -0.39 is 34.1 Å². The van der Waals surface area contributed by atoms with Gasteiger partial charge >= 0.3 is 0 Å². The molecule has 0 aliphatic carbocycles. The first-order chi connectivity index (χ1) is 18.2. The van der Waals surface area contributed by atoms with Crippen molar-refractivity contribution in [2.24, 2.45) is 0 Å². The highest BCUT2D eigenvalue weighted by atomic mass is 35.5. The maximum Gasteiger partial charge on any atom is 0.264 e. The average Bonchev–Trinajstić information content (AvgIpc) is 2.85. The first kappa shape index (κ1) is 30.5. The minimum absolute atomic E-state index is 0.0377. The molecule has 208 valence electrons. The number of carbonyl (C=O) groups excluding carboxylic acids is 2. The number of anilines is 1. The Hall–Kier alpha value is -3.07. The summed E-state index contributed by atoms with van der Waals surface area (Å²) < 4.78 is 28.7. The Morgan fingerprint density at radius 1 is 0.923 bits per heavy atom. The molecule has 3 rings (SSSR count). The van der Waals surface area contributed by atoms with E-state index in [1.165, 1.54) is 17.0 Å². The smallest absolute Gasteiger partial charge is 0.264 e. The summed E-state index contributed by atoms with van der Waals surface area (Å²) in [6.45, 7) is 8.52. The zero-order valence-electron chi connectivity index (χ0n) is 22.6. The molecule has 0 aromatic heterocycles. The molecule has 0 fully saturated rings. The summed E-state index contributed by atoms with van der Waals surface area (Å²) in [6, 6.07) is 18.6. The van der Waals surface area contributed by atoms with Gasteiger partial charge in [0.2, 0.25) is 11.8 Å². The number of amides is 2. The van der Waals surface area contributed by atoms with E-state index in [0.717, 1.165) is 9.87 Å². The monoisotopic (exact) mass is 589 g/mol. The maximum absolute atomic E-state index is 13.9. The SMILES string of the molecule is Cc1ccc(S(=O)(=O)N(CC(=O)N(Cc2cccc(Cl)c2)C(C)C(=O)NC(C)(C)C)c2ccc(Cl)cc2)cc1. The quantitative estimate of drug-likeness (QED) is 0.340. The molecular weight excluding hydrogens is 557 g/mol. The lowest BCUT2D eigenvalue weighted by atomic mass is 10.1. The summed E-state index contributed by atoms with van der Waals surface area (Å²) in [5, 5.41) is 3.81. The molecule has 7 nitrogen and oxygen atoms in total. The number of hydrogen-bond donors (Lipinski definition) is 1. The Labute approximate surface area is 240 Å². The van der Waals surface area contributed by atoms with Crippen LogP contribution < -0.4 is 9.62 Å². The van der Waals surface area contributed by atoms with E-state index in [4.69, 9.17) is 23.2 Å². The first-order valence-electron chi connectivity index (χ1n) is 12.4. The third kappa shape index (κ3) is 8.21. The molecule has 0 aliphatic rings.